The fraction of sp³-hybridized carbons (Fsp3) is 0.875. The smallest absolute Gasteiger partial charge is 0.222 e. The summed E-state index contributed by atoms with van der Waals surface area (Å²) in [5, 5.41) is 0. The number of amides is 2. The van der Waals surface area contributed by atoms with Gasteiger partial charge >= 0.3 is 0 Å². The van der Waals surface area contributed by atoms with Gasteiger partial charge in [0.05, 0.1) is 0 Å². The van der Waals surface area contributed by atoms with Crippen LogP contribution in [0.2, 0.25) is 0 Å². The molecule has 0 aromatic carbocycles. The molecule has 0 radical (unpaired) electrons. The van der Waals surface area contributed by atoms with Crippen molar-refractivity contribution < 1.29 is 9.59 Å². The molecule has 0 rings (SSSR count). The molecule has 2 amide bonds. The molecule has 0 bridgehead atoms. The minimum Gasteiger partial charge on any atom is -0.349 e. The Bertz CT molecular complexity index is 248. The van der Waals surface area contributed by atoms with Gasteiger partial charge in [-0.15, -0.1) is 0 Å². The summed E-state index contributed by atoms with van der Waals surface area (Å²) in [5.74, 6) is 0.464. The average molecular weight is 284 g/mol. The third-order valence-electron chi connectivity index (χ3n) is 3.53. The molecule has 0 aromatic rings. The lowest BCUT2D eigenvalue weighted by Crippen LogP contribution is -2.21. The van der Waals surface area contributed by atoms with Gasteiger partial charge < -0.3 is 9.80 Å². The van der Waals surface area contributed by atoms with Crippen molar-refractivity contribution in [1.82, 2.24) is 9.80 Å². The summed E-state index contributed by atoms with van der Waals surface area (Å²) >= 11 is 0. The topological polar surface area (TPSA) is 40.6 Å². The van der Waals surface area contributed by atoms with Crippen LogP contribution in [-0.4, -0.2) is 49.8 Å². The Morgan fingerprint density at radius 1 is 0.550 bits per heavy atom. The molecule has 0 saturated heterocycles. The van der Waals surface area contributed by atoms with Crippen molar-refractivity contribution in [2.75, 3.05) is 28.2 Å². The molecule has 0 heterocycles. The van der Waals surface area contributed by atoms with E-state index in [2.05, 4.69) is 0 Å². The van der Waals surface area contributed by atoms with Crippen LogP contribution in [0.1, 0.15) is 64.2 Å². The zero-order chi connectivity index (χ0) is 15.4. The third-order valence-corrected chi connectivity index (χ3v) is 3.53. The summed E-state index contributed by atoms with van der Waals surface area (Å²) in [6.45, 7) is 0. The van der Waals surface area contributed by atoms with E-state index < -0.39 is 0 Å². The van der Waals surface area contributed by atoms with E-state index in [-0.39, 0.29) is 11.8 Å². The molecule has 4 heteroatoms. The fourth-order valence-corrected chi connectivity index (χ4v) is 2.06. The molecule has 0 fully saturated rings. The molecular formula is C16H32N2O2. The minimum absolute atomic E-state index is 0.232. The quantitative estimate of drug-likeness (QED) is 0.547. The van der Waals surface area contributed by atoms with Crippen LogP contribution in [0.4, 0.5) is 0 Å². The molecule has 118 valence electrons. The average Bonchev–Trinajstić information content (AvgIpc) is 2.39. The largest absolute Gasteiger partial charge is 0.349 e. The predicted octanol–water partition coefficient (Wildman–Crippen LogP) is 3.06. The molecule has 0 aliphatic carbocycles. The first-order valence-electron chi connectivity index (χ1n) is 7.85. The predicted molar refractivity (Wildman–Crippen MR) is 83.6 cm³/mol. The van der Waals surface area contributed by atoms with Gasteiger partial charge in [0.25, 0.3) is 0 Å². The van der Waals surface area contributed by atoms with Gasteiger partial charge in [-0.1, -0.05) is 38.5 Å². The van der Waals surface area contributed by atoms with Gasteiger partial charge in [0.2, 0.25) is 11.8 Å². The first kappa shape index (κ1) is 18.9. The molecule has 0 aliphatic rings. The van der Waals surface area contributed by atoms with E-state index in [1.807, 2.05) is 28.2 Å². The van der Waals surface area contributed by atoms with Crippen molar-refractivity contribution in [2.45, 2.75) is 64.2 Å². The maximum atomic E-state index is 11.3. The number of unbranched alkanes of at least 4 members (excludes halogenated alkanes) is 7. The molecule has 0 saturated carbocycles. The first-order valence-corrected chi connectivity index (χ1v) is 7.85. The second-order valence-corrected chi connectivity index (χ2v) is 5.90. The van der Waals surface area contributed by atoms with E-state index in [4.69, 9.17) is 0 Å². The van der Waals surface area contributed by atoms with Gasteiger partial charge in [0.15, 0.2) is 0 Å². The normalized spacial score (nSPS) is 10.4. The summed E-state index contributed by atoms with van der Waals surface area (Å²) in [5.41, 5.74) is 0. The van der Waals surface area contributed by atoms with Crippen molar-refractivity contribution in [3.63, 3.8) is 0 Å². The summed E-state index contributed by atoms with van der Waals surface area (Å²) in [7, 11) is 7.24. The molecule has 20 heavy (non-hydrogen) atoms. The van der Waals surface area contributed by atoms with Crippen molar-refractivity contribution in [2.24, 2.45) is 0 Å². The minimum atomic E-state index is 0.232. The third kappa shape index (κ3) is 10.8. The number of carbonyl (C=O) groups is 2. The molecular weight excluding hydrogens is 252 g/mol. The Morgan fingerprint density at radius 3 is 1.05 bits per heavy atom. The van der Waals surface area contributed by atoms with E-state index in [1.165, 1.54) is 25.7 Å². The van der Waals surface area contributed by atoms with E-state index in [9.17, 15) is 9.59 Å². The maximum Gasteiger partial charge on any atom is 0.222 e. The van der Waals surface area contributed by atoms with E-state index in [1.54, 1.807) is 9.80 Å². The Hall–Kier alpha value is -1.06. The standard InChI is InChI=1S/C16H32N2O2/c1-17(2)15(19)13-11-9-7-5-6-8-10-12-14-16(20)18(3)4/h5-14H2,1-4H3. The number of nitrogens with zero attached hydrogens (tertiary/aromatic N) is 2. The van der Waals surface area contributed by atoms with E-state index in [0.29, 0.717) is 12.8 Å². The van der Waals surface area contributed by atoms with Crippen LogP contribution in [0.3, 0.4) is 0 Å². The van der Waals surface area contributed by atoms with Crippen LogP contribution in [0.25, 0.3) is 0 Å². The zero-order valence-electron chi connectivity index (χ0n) is 13.8. The Labute approximate surface area is 124 Å². The van der Waals surface area contributed by atoms with Gasteiger partial charge in [-0.3, -0.25) is 9.59 Å². The lowest BCUT2D eigenvalue weighted by Gasteiger charge is -2.10. The zero-order valence-corrected chi connectivity index (χ0v) is 13.8. The van der Waals surface area contributed by atoms with E-state index >= 15 is 0 Å². The van der Waals surface area contributed by atoms with Gasteiger partial charge in [0, 0.05) is 41.0 Å². The monoisotopic (exact) mass is 284 g/mol. The highest BCUT2D eigenvalue weighted by Gasteiger charge is 2.03. The van der Waals surface area contributed by atoms with Crippen LogP contribution in [0.15, 0.2) is 0 Å². The van der Waals surface area contributed by atoms with Gasteiger partial charge in [-0.2, -0.15) is 0 Å². The summed E-state index contributed by atoms with van der Waals surface area (Å²) in [6, 6.07) is 0. The molecule has 0 aromatic heterocycles. The summed E-state index contributed by atoms with van der Waals surface area (Å²) in [6.07, 6.45) is 10.6. The molecule has 4 nitrogen and oxygen atoms in total. The van der Waals surface area contributed by atoms with Crippen LogP contribution >= 0.6 is 0 Å². The van der Waals surface area contributed by atoms with Crippen molar-refractivity contribution in [1.29, 1.82) is 0 Å². The highest BCUT2D eigenvalue weighted by molar-refractivity contribution is 5.75. The Kier molecular flexibility index (Phi) is 11.1. The maximum absolute atomic E-state index is 11.3. The molecule has 0 spiro atoms. The number of rotatable bonds is 11. The molecule has 0 unspecified atom stereocenters. The Balaban J connectivity index is 3.21. The highest BCUT2D eigenvalue weighted by atomic mass is 16.2. The first-order chi connectivity index (χ1) is 9.45. The summed E-state index contributed by atoms with van der Waals surface area (Å²) in [4.78, 5) is 26.0. The second kappa shape index (κ2) is 11.7. The van der Waals surface area contributed by atoms with Crippen LogP contribution < -0.4 is 0 Å². The van der Waals surface area contributed by atoms with Gasteiger partial charge in [0.1, 0.15) is 0 Å². The van der Waals surface area contributed by atoms with Crippen LogP contribution in [0.5, 0.6) is 0 Å². The Morgan fingerprint density at radius 2 is 0.800 bits per heavy atom. The van der Waals surface area contributed by atoms with Crippen molar-refractivity contribution >= 4 is 11.8 Å². The van der Waals surface area contributed by atoms with Gasteiger partial charge in [-0.05, 0) is 12.8 Å². The second-order valence-electron chi connectivity index (χ2n) is 5.90. The van der Waals surface area contributed by atoms with Gasteiger partial charge in [-0.25, -0.2) is 0 Å². The van der Waals surface area contributed by atoms with Crippen molar-refractivity contribution in [3.8, 4) is 0 Å². The fourth-order valence-electron chi connectivity index (χ4n) is 2.06. The van der Waals surface area contributed by atoms with Crippen molar-refractivity contribution in [3.05, 3.63) is 0 Å². The number of hydrogen-bond donors (Lipinski definition) is 0. The van der Waals surface area contributed by atoms with Crippen LogP contribution in [-0.2, 0) is 9.59 Å². The van der Waals surface area contributed by atoms with Crippen LogP contribution in [0, 0.1) is 0 Å². The molecule has 0 N–H and O–H groups in total. The summed E-state index contributed by atoms with van der Waals surface area (Å²) < 4.78 is 0. The number of carbonyl (C=O) groups excluding carboxylic acids is 2. The SMILES string of the molecule is CN(C)C(=O)CCCCCCCCCCC(=O)N(C)C. The molecule has 0 atom stereocenters. The number of hydrogen-bond acceptors (Lipinski definition) is 2. The molecule has 0 aliphatic heterocycles. The highest BCUT2D eigenvalue weighted by Crippen LogP contribution is 2.11. The lowest BCUT2D eigenvalue weighted by atomic mass is 10.1. The van der Waals surface area contributed by atoms with E-state index in [0.717, 1.165) is 25.7 Å². The lowest BCUT2D eigenvalue weighted by molar-refractivity contribution is -0.129.